The molecule has 10 aromatic heterocycles. The fourth-order valence-electron chi connectivity index (χ4n) is 17.0. The Morgan fingerprint density at radius 2 is 0.677 bits per heavy atom. The van der Waals surface area contributed by atoms with Crippen LogP contribution >= 0.6 is 0 Å². The lowest BCUT2D eigenvalue weighted by Gasteiger charge is -2.13. The number of rotatable bonds is 14. The van der Waals surface area contributed by atoms with Gasteiger partial charge in [0.2, 0.25) is 0 Å². The van der Waals surface area contributed by atoms with Crippen molar-refractivity contribution in [2.24, 2.45) is 47.1 Å². The van der Waals surface area contributed by atoms with Crippen molar-refractivity contribution in [2.75, 3.05) is 0 Å². The van der Waals surface area contributed by atoms with E-state index in [1.165, 1.54) is 89.5 Å². The first kappa shape index (κ1) is 87.9. The molecule has 0 unspecified atom stereocenters. The Kier molecular flexibility index (Phi) is 26.7. The standard InChI is InChI=1S/C29H36N5.3C21H18N3.C20H17N4/c1-17(2)12-25-31-26(13-18(3)4)33-29(32-25)23-11-9-10-22-27(23)30-16-34(8)28(22)24-15-19(5)14-20(6)21(24)7;1-15-7-3-4-8-17(15)21-18-11-10-16(19-9-5-6-12-22-19)13-20(18)23-14-24(21)2;1-15-6-3-4-8-18(15)21-19-10-9-16(17-7-5-11-22-13-17)12-20(19)23-14-24(21)2;1-15-5-3-4-6-18(15)21-19-8-7-17(16-9-11-22-12-10-16)13-20(19)23-14-24(21)2;1-14-5-3-4-6-16(14)20-17-8-7-15(18-9-10-21-12-22-18)11-19(17)23-13-24(20)2/h9-11,14-18H,12-13H2,1-8H3;3*3-14H,1-2H3;3-13H,1-2H3/q5*+1. The topological polar surface area (TPSA) is 187 Å². The minimum atomic E-state index is 0.478. The quantitative estimate of drug-likeness (QED) is 0.0937. The highest BCUT2D eigenvalue weighted by Crippen LogP contribution is 2.38. The van der Waals surface area contributed by atoms with Gasteiger partial charge < -0.3 is 0 Å². The van der Waals surface area contributed by atoms with Gasteiger partial charge in [-0.25, -0.2) is 47.8 Å². The van der Waals surface area contributed by atoms with Crippen LogP contribution in [0.4, 0.5) is 0 Å². The van der Waals surface area contributed by atoms with Crippen LogP contribution in [-0.4, -0.2) is 64.8 Å². The smallest absolute Gasteiger partial charge is 0.265 e. The molecule has 0 saturated carbocycles. The van der Waals surface area contributed by atoms with Crippen LogP contribution in [0.3, 0.4) is 0 Å². The monoisotopic (exact) mass is 1700 g/mol. The Morgan fingerprint density at radius 1 is 0.269 bits per heavy atom. The van der Waals surface area contributed by atoms with Crippen molar-refractivity contribution in [1.29, 1.82) is 0 Å². The fourth-order valence-corrected chi connectivity index (χ4v) is 17.0. The first-order valence-corrected chi connectivity index (χ1v) is 44.1. The maximum atomic E-state index is 4.90. The van der Waals surface area contributed by atoms with Gasteiger partial charge in [0.15, 0.2) is 33.4 Å². The molecule has 10 aromatic carbocycles. The Bertz CT molecular complexity index is 6810. The summed E-state index contributed by atoms with van der Waals surface area (Å²) in [4.78, 5) is 59.0. The molecule has 0 bridgehead atoms. The summed E-state index contributed by atoms with van der Waals surface area (Å²) in [6.45, 7) is 23.9. The molecule has 0 radical (unpaired) electrons. The van der Waals surface area contributed by atoms with E-state index in [0.717, 1.165) is 141 Å². The molecule has 0 spiro atoms. The molecule has 0 aliphatic carbocycles. The summed E-state index contributed by atoms with van der Waals surface area (Å²) < 4.78 is 10.5. The lowest BCUT2D eigenvalue weighted by molar-refractivity contribution is -0.662. The second-order valence-electron chi connectivity index (χ2n) is 34.1. The number of benzene rings is 10. The van der Waals surface area contributed by atoms with Gasteiger partial charge in [-0.15, -0.1) is 0 Å². The molecular formula is C112H107N18+5. The van der Waals surface area contributed by atoms with Crippen molar-refractivity contribution < 1.29 is 22.8 Å². The Morgan fingerprint density at radius 3 is 1.10 bits per heavy atom. The fraction of sp³-hybridized carbons (Fsp3) is 0.179. The van der Waals surface area contributed by atoms with Gasteiger partial charge in [0.25, 0.3) is 31.6 Å². The maximum absolute atomic E-state index is 4.90. The molecule has 20 rings (SSSR count). The average Bonchev–Trinajstić information content (AvgIpc) is 0.470. The summed E-state index contributed by atoms with van der Waals surface area (Å²) in [5.41, 5.74) is 35.3. The molecule has 0 amide bonds. The molecule has 0 aliphatic rings. The number of aryl methyl sites for hydroxylation is 11. The molecule has 10 heterocycles. The largest absolute Gasteiger partial charge is 0.287 e. The van der Waals surface area contributed by atoms with Gasteiger partial charge >= 0.3 is 0 Å². The van der Waals surface area contributed by atoms with Crippen molar-refractivity contribution >= 4 is 54.5 Å². The van der Waals surface area contributed by atoms with E-state index in [4.69, 9.17) is 19.9 Å². The molecular weight excluding hydrogens is 1600 g/mol. The summed E-state index contributed by atoms with van der Waals surface area (Å²) in [5, 5.41) is 5.70. The van der Waals surface area contributed by atoms with E-state index >= 15 is 0 Å². The zero-order chi connectivity index (χ0) is 90.6. The normalized spacial score (nSPS) is 11.1. The van der Waals surface area contributed by atoms with Crippen LogP contribution in [0.25, 0.3) is 167 Å². The van der Waals surface area contributed by atoms with E-state index in [2.05, 4.69) is 357 Å². The first-order valence-electron chi connectivity index (χ1n) is 44.1. The number of aromatic nitrogens is 18. The van der Waals surface area contributed by atoms with Crippen molar-refractivity contribution in [3.8, 4) is 112 Å². The molecule has 0 aliphatic heterocycles. The molecule has 0 N–H and O–H groups in total. The summed E-state index contributed by atoms with van der Waals surface area (Å²) in [5.74, 6) is 3.40. The zero-order valence-corrected chi connectivity index (χ0v) is 76.7. The molecule has 640 valence electrons. The molecule has 20 aromatic rings. The van der Waals surface area contributed by atoms with Crippen LogP contribution in [0.15, 0.2) is 324 Å². The Labute approximate surface area is 760 Å². The van der Waals surface area contributed by atoms with Gasteiger partial charge in [-0.1, -0.05) is 179 Å². The lowest BCUT2D eigenvalue weighted by Crippen LogP contribution is -2.32. The van der Waals surface area contributed by atoms with E-state index < -0.39 is 0 Å². The zero-order valence-electron chi connectivity index (χ0n) is 76.7. The minimum absolute atomic E-state index is 0.478. The van der Waals surface area contributed by atoms with Gasteiger partial charge in [-0.3, -0.25) is 15.0 Å². The van der Waals surface area contributed by atoms with Crippen LogP contribution in [0.5, 0.6) is 0 Å². The highest BCUT2D eigenvalue weighted by Gasteiger charge is 2.26. The summed E-state index contributed by atoms with van der Waals surface area (Å²) in [7, 11) is 10.2. The van der Waals surface area contributed by atoms with Gasteiger partial charge in [0, 0.05) is 94.5 Å². The first-order chi connectivity index (χ1) is 63.1. The van der Waals surface area contributed by atoms with E-state index in [0.29, 0.717) is 11.8 Å². The van der Waals surface area contributed by atoms with E-state index in [1.807, 2.05) is 127 Å². The molecule has 130 heavy (non-hydrogen) atoms. The number of fused-ring (bicyclic) bond motifs is 5. The molecule has 0 atom stereocenters. The highest BCUT2D eigenvalue weighted by molar-refractivity contribution is 6.00. The summed E-state index contributed by atoms with van der Waals surface area (Å²) in [6, 6.07) is 86.2. The number of pyridine rings is 3. The van der Waals surface area contributed by atoms with Crippen LogP contribution < -0.4 is 22.8 Å². The molecule has 18 heteroatoms. The van der Waals surface area contributed by atoms with Gasteiger partial charge in [-0.05, 0) is 238 Å². The summed E-state index contributed by atoms with van der Waals surface area (Å²) >= 11 is 0. The van der Waals surface area contributed by atoms with Crippen LogP contribution in [0, 0.1) is 60.3 Å². The third-order valence-corrected chi connectivity index (χ3v) is 23.6. The number of hydrogen-bond acceptors (Lipinski definition) is 13. The number of nitrogens with zero attached hydrogens (tertiary/aromatic N) is 18. The molecule has 0 fully saturated rings. The van der Waals surface area contributed by atoms with E-state index in [1.54, 1.807) is 18.7 Å². The van der Waals surface area contributed by atoms with Crippen molar-refractivity contribution in [3.05, 3.63) is 374 Å². The van der Waals surface area contributed by atoms with E-state index in [-0.39, 0.29) is 0 Å². The second-order valence-corrected chi connectivity index (χ2v) is 34.1. The third kappa shape index (κ3) is 19.5. The van der Waals surface area contributed by atoms with Crippen LogP contribution in [0.1, 0.15) is 78.3 Å². The third-order valence-electron chi connectivity index (χ3n) is 23.6. The number of hydrogen-bond donors (Lipinski definition) is 0. The summed E-state index contributed by atoms with van der Waals surface area (Å²) in [6.07, 6.45) is 23.5. The van der Waals surface area contributed by atoms with Crippen molar-refractivity contribution in [1.82, 2.24) is 64.8 Å². The van der Waals surface area contributed by atoms with Crippen LogP contribution in [0.2, 0.25) is 0 Å². The molecule has 18 nitrogen and oxygen atoms in total. The van der Waals surface area contributed by atoms with Gasteiger partial charge in [0.1, 0.15) is 46.4 Å². The second kappa shape index (κ2) is 39.5. The SMILES string of the molecule is Cc1cc(C)c(C)c(-c2c3cccc(-c4nc(CC(C)C)nc(CC(C)C)n4)c3nc[n+]2C)c1.Cc1ccccc1-c1c2ccc(-c3ccccn3)cc2nc[n+]1C.Cc1ccccc1-c1c2ccc(-c3cccnc3)cc2nc[n+]1C.Cc1ccccc1-c1c2ccc(-c3ccncc3)cc2nc[n+]1C.Cc1ccccc1-c1c2ccc(-c3ccncn3)cc2nc[n+]1C. The van der Waals surface area contributed by atoms with Crippen molar-refractivity contribution in [2.45, 2.75) is 89.0 Å². The van der Waals surface area contributed by atoms with Gasteiger partial charge in [0.05, 0.1) is 79.1 Å². The predicted molar refractivity (Wildman–Crippen MR) is 522 cm³/mol. The van der Waals surface area contributed by atoms with Crippen molar-refractivity contribution in [3.63, 3.8) is 0 Å². The highest BCUT2D eigenvalue weighted by atomic mass is 15.1. The van der Waals surface area contributed by atoms with Gasteiger partial charge in [-0.2, -0.15) is 0 Å². The maximum Gasteiger partial charge on any atom is 0.287 e. The van der Waals surface area contributed by atoms with Crippen LogP contribution in [-0.2, 0) is 48.1 Å². The lowest BCUT2D eigenvalue weighted by atomic mass is 9.95. The average molecular weight is 1710 g/mol. The van der Waals surface area contributed by atoms with E-state index in [9.17, 15) is 0 Å². The Hall–Kier alpha value is -15.6. The predicted octanol–water partition coefficient (Wildman–Crippen LogP) is 21.7. The number of para-hydroxylation sites is 1. The molecule has 0 saturated heterocycles. The minimum Gasteiger partial charge on any atom is -0.265 e. The Balaban J connectivity index is 0.000000120.